The molecule has 3 atom stereocenters. The van der Waals surface area contributed by atoms with Gasteiger partial charge in [0.15, 0.2) is 0 Å². The number of ether oxygens (including phenoxy) is 1. The quantitative estimate of drug-likeness (QED) is 0.574. The second kappa shape index (κ2) is 6.39. The number of rotatable bonds is 5. The topological polar surface area (TPSA) is 24.5 Å². The number of hydrogen-bond acceptors (Lipinski definition) is 3. The second-order valence-electron chi connectivity index (χ2n) is 5.15. The third-order valence-electron chi connectivity index (χ3n) is 4.07. The van der Waals surface area contributed by atoms with Gasteiger partial charge >= 0.3 is 0 Å². The van der Waals surface area contributed by atoms with E-state index in [0.29, 0.717) is 18.2 Å². The van der Waals surface area contributed by atoms with Crippen LogP contribution in [0.15, 0.2) is 0 Å². The van der Waals surface area contributed by atoms with Gasteiger partial charge in [0.25, 0.3) is 0 Å². The Hall–Kier alpha value is -0.560. The number of likely N-dealkylation sites (N-methyl/N-ethyl adjacent to an activating group) is 1. The predicted octanol–water partition coefficient (Wildman–Crippen LogP) is 1.24. The smallest absolute Gasteiger partial charge is 0.0855 e. The molecule has 96 valence electrons. The van der Waals surface area contributed by atoms with Crippen LogP contribution in [0.3, 0.4) is 0 Å². The Kier molecular flexibility index (Phi) is 4.85. The maximum atomic E-state index is 6.02. The zero-order chi connectivity index (χ0) is 12.1. The molecule has 2 aliphatic heterocycles. The second-order valence-corrected chi connectivity index (χ2v) is 5.15. The number of fused-ring (bicyclic) bond motifs is 1. The third kappa shape index (κ3) is 3.22. The van der Waals surface area contributed by atoms with Crippen molar-refractivity contribution in [3.05, 3.63) is 0 Å². The van der Waals surface area contributed by atoms with Crippen LogP contribution in [0.25, 0.3) is 0 Å². The van der Waals surface area contributed by atoms with Gasteiger partial charge in [-0.1, -0.05) is 0 Å². The summed E-state index contributed by atoms with van der Waals surface area (Å²) < 4.78 is 6.02. The highest BCUT2D eigenvalue weighted by molar-refractivity contribution is 4.90. The molecule has 1 N–H and O–H groups in total. The molecule has 0 aromatic heterocycles. The zero-order valence-electron chi connectivity index (χ0n) is 10.8. The minimum atomic E-state index is 0.340. The summed E-state index contributed by atoms with van der Waals surface area (Å²) in [6.45, 7) is 3.26. The monoisotopic (exact) mass is 236 g/mol. The molecule has 0 aromatic carbocycles. The Balaban J connectivity index is 1.81. The van der Waals surface area contributed by atoms with Crippen molar-refractivity contribution < 1.29 is 4.74 Å². The fraction of sp³-hybridized carbons (Fsp3) is 0.857. The van der Waals surface area contributed by atoms with Crippen molar-refractivity contribution in [2.75, 3.05) is 26.7 Å². The first-order valence-electron chi connectivity index (χ1n) is 6.81. The summed E-state index contributed by atoms with van der Waals surface area (Å²) in [5, 5.41) is 3.39. The van der Waals surface area contributed by atoms with Gasteiger partial charge in [0.2, 0.25) is 0 Å². The van der Waals surface area contributed by atoms with Gasteiger partial charge in [0.05, 0.1) is 12.7 Å². The molecular formula is C14H24N2O. The van der Waals surface area contributed by atoms with Gasteiger partial charge in [-0.05, 0) is 39.3 Å². The van der Waals surface area contributed by atoms with E-state index in [2.05, 4.69) is 16.1 Å². The van der Waals surface area contributed by atoms with Crippen molar-refractivity contribution in [2.24, 2.45) is 0 Å². The van der Waals surface area contributed by atoms with E-state index in [9.17, 15) is 0 Å². The van der Waals surface area contributed by atoms with Gasteiger partial charge < -0.3 is 10.1 Å². The number of morpholine rings is 1. The molecular weight excluding hydrogens is 212 g/mol. The summed E-state index contributed by atoms with van der Waals surface area (Å²) in [5.41, 5.74) is 0. The van der Waals surface area contributed by atoms with Gasteiger partial charge in [-0.25, -0.2) is 0 Å². The molecule has 2 heterocycles. The van der Waals surface area contributed by atoms with Crippen molar-refractivity contribution in [2.45, 2.75) is 50.3 Å². The van der Waals surface area contributed by atoms with Gasteiger partial charge in [-0.2, -0.15) is 0 Å². The highest BCUT2D eigenvalue weighted by atomic mass is 16.5. The van der Waals surface area contributed by atoms with E-state index in [1.807, 2.05) is 7.05 Å². The van der Waals surface area contributed by atoms with E-state index in [-0.39, 0.29) is 0 Å². The largest absolute Gasteiger partial charge is 0.374 e. The number of terminal acetylenes is 1. The van der Waals surface area contributed by atoms with E-state index in [0.717, 1.165) is 32.4 Å². The molecule has 2 rings (SSSR count). The summed E-state index contributed by atoms with van der Waals surface area (Å²) in [7, 11) is 2.03. The summed E-state index contributed by atoms with van der Waals surface area (Å²) >= 11 is 0. The van der Waals surface area contributed by atoms with Gasteiger partial charge in [-0.3, -0.25) is 4.90 Å². The van der Waals surface area contributed by atoms with Crippen LogP contribution in [0.5, 0.6) is 0 Å². The van der Waals surface area contributed by atoms with Crippen LogP contribution in [-0.2, 0) is 4.74 Å². The summed E-state index contributed by atoms with van der Waals surface area (Å²) in [4.78, 5) is 2.60. The van der Waals surface area contributed by atoms with Gasteiger partial charge in [0.1, 0.15) is 0 Å². The maximum absolute atomic E-state index is 6.02. The average molecular weight is 236 g/mol. The number of unbranched alkanes of at least 4 members (excludes halogenated alkanes) is 1. The molecule has 0 aliphatic carbocycles. The maximum Gasteiger partial charge on any atom is 0.0855 e. The van der Waals surface area contributed by atoms with E-state index >= 15 is 0 Å². The van der Waals surface area contributed by atoms with E-state index < -0.39 is 0 Å². The molecule has 3 unspecified atom stereocenters. The van der Waals surface area contributed by atoms with Crippen molar-refractivity contribution in [3.8, 4) is 12.3 Å². The lowest BCUT2D eigenvalue weighted by Gasteiger charge is -2.38. The van der Waals surface area contributed by atoms with Crippen molar-refractivity contribution >= 4 is 0 Å². The molecule has 3 heteroatoms. The molecule has 0 radical (unpaired) electrons. The number of hydrogen-bond donors (Lipinski definition) is 1. The van der Waals surface area contributed by atoms with Crippen molar-refractivity contribution in [3.63, 3.8) is 0 Å². The van der Waals surface area contributed by atoms with Crippen LogP contribution in [0.2, 0.25) is 0 Å². The Bertz CT molecular complexity index is 274. The van der Waals surface area contributed by atoms with Gasteiger partial charge in [0, 0.05) is 25.0 Å². The SMILES string of the molecule is C#CCCCC(NC)C1CN2CCCC2CO1. The first kappa shape index (κ1) is 12.9. The Morgan fingerprint density at radius 2 is 2.47 bits per heavy atom. The van der Waals surface area contributed by atoms with Crippen molar-refractivity contribution in [1.82, 2.24) is 10.2 Å². The molecule has 17 heavy (non-hydrogen) atoms. The fourth-order valence-corrected chi connectivity index (χ4v) is 3.03. The van der Waals surface area contributed by atoms with E-state index in [4.69, 9.17) is 11.2 Å². The van der Waals surface area contributed by atoms with Crippen LogP contribution in [0.1, 0.15) is 32.1 Å². The molecule has 0 amide bonds. The fourth-order valence-electron chi connectivity index (χ4n) is 3.03. The van der Waals surface area contributed by atoms with Crippen molar-refractivity contribution in [1.29, 1.82) is 0 Å². The number of nitrogens with zero attached hydrogens (tertiary/aromatic N) is 1. The molecule has 0 aromatic rings. The average Bonchev–Trinajstić information content (AvgIpc) is 2.82. The first-order chi connectivity index (χ1) is 8.35. The minimum Gasteiger partial charge on any atom is -0.374 e. The van der Waals surface area contributed by atoms with Crippen LogP contribution in [0, 0.1) is 12.3 Å². The third-order valence-corrected chi connectivity index (χ3v) is 4.07. The van der Waals surface area contributed by atoms with E-state index in [1.54, 1.807) is 0 Å². The summed E-state index contributed by atoms with van der Waals surface area (Å²) in [6.07, 6.45) is 11.4. The Labute approximate surface area is 105 Å². The Morgan fingerprint density at radius 3 is 3.24 bits per heavy atom. The lowest BCUT2D eigenvalue weighted by molar-refractivity contribution is -0.0647. The normalized spacial score (nSPS) is 30.8. The summed E-state index contributed by atoms with van der Waals surface area (Å²) in [5.74, 6) is 2.71. The van der Waals surface area contributed by atoms with Crippen LogP contribution >= 0.6 is 0 Å². The molecule has 0 bridgehead atoms. The van der Waals surface area contributed by atoms with Crippen LogP contribution in [0.4, 0.5) is 0 Å². The standard InChI is InChI=1S/C14H24N2O/c1-3-4-5-8-13(15-2)14-10-16-9-6-7-12(16)11-17-14/h1,12-15H,4-11H2,2H3. The molecule has 2 saturated heterocycles. The highest BCUT2D eigenvalue weighted by Crippen LogP contribution is 2.24. The lowest BCUT2D eigenvalue weighted by Crippen LogP contribution is -2.53. The molecule has 0 spiro atoms. The van der Waals surface area contributed by atoms with Crippen LogP contribution in [-0.4, -0.2) is 49.8 Å². The predicted molar refractivity (Wildman–Crippen MR) is 69.9 cm³/mol. The minimum absolute atomic E-state index is 0.340. The molecule has 2 aliphatic rings. The van der Waals surface area contributed by atoms with Gasteiger partial charge in [-0.15, -0.1) is 12.3 Å². The number of nitrogens with one attached hydrogen (secondary N) is 1. The van der Waals surface area contributed by atoms with Crippen LogP contribution < -0.4 is 5.32 Å². The zero-order valence-corrected chi connectivity index (χ0v) is 10.8. The lowest BCUT2D eigenvalue weighted by atomic mass is 10.0. The summed E-state index contributed by atoms with van der Waals surface area (Å²) in [6, 6.07) is 1.14. The highest BCUT2D eigenvalue weighted by Gasteiger charge is 2.34. The first-order valence-corrected chi connectivity index (χ1v) is 6.81. The molecule has 2 fully saturated rings. The molecule has 3 nitrogen and oxygen atoms in total. The van der Waals surface area contributed by atoms with E-state index in [1.165, 1.54) is 19.4 Å². The Morgan fingerprint density at radius 1 is 1.59 bits per heavy atom. The molecule has 0 saturated carbocycles.